The number of hydrogen-bond donors (Lipinski definition) is 0. The number of methoxy groups -OCH3 is 1. The lowest BCUT2D eigenvalue weighted by atomic mass is 9.85. The van der Waals surface area contributed by atoms with E-state index in [2.05, 4.69) is 45.0 Å². The Morgan fingerprint density at radius 2 is 1.55 bits per heavy atom. The second-order valence-electron chi connectivity index (χ2n) is 6.45. The van der Waals surface area contributed by atoms with Crippen LogP contribution in [0, 0.1) is 0 Å². The zero-order chi connectivity index (χ0) is 15.4. The molecule has 0 aliphatic heterocycles. The molecule has 20 heavy (non-hydrogen) atoms. The zero-order valence-electron chi connectivity index (χ0n) is 13.7. The first-order valence-corrected chi connectivity index (χ1v) is 7.47. The number of Topliss-reactive ketones (excluding diaryl/α,β-unsaturated/α-hetero) is 1. The quantitative estimate of drug-likeness (QED) is 0.774. The molecule has 0 spiro atoms. The highest BCUT2D eigenvalue weighted by atomic mass is 16.5. The number of carbonyl (C=O) groups is 1. The summed E-state index contributed by atoms with van der Waals surface area (Å²) in [6.07, 6.45) is 1.89. The van der Waals surface area contributed by atoms with Gasteiger partial charge < -0.3 is 4.74 Å². The summed E-state index contributed by atoms with van der Waals surface area (Å²) in [6, 6.07) is 8.36. The standard InChI is InChI=1S/C18H28O2/c1-7-18(8-2,20-6)16(19)13-14-9-11-15(12-10-14)17(3,4)5/h9-12H,7-8,13H2,1-6H3. The van der Waals surface area contributed by atoms with Crippen molar-refractivity contribution in [2.24, 2.45) is 0 Å². The molecule has 0 saturated carbocycles. The molecule has 0 heterocycles. The van der Waals surface area contributed by atoms with Gasteiger partial charge in [-0.2, -0.15) is 0 Å². The summed E-state index contributed by atoms with van der Waals surface area (Å²) >= 11 is 0. The SMILES string of the molecule is CCC(CC)(OC)C(=O)Cc1ccc(C(C)(C)C)cc1. The molecule has 1 aromatic rings. The fourth-order valence-corrected chi connectivity index (χ4v) is 2.52. The highest BCUT2D eigenvalue weighted by Gasteiger charge is 2.34. The van der Waals surface area contributed by atoms with E-state index in [-0.39, 0.29) is 11.2 Å². The molecule has 0 aliphatic rings. The van der Waals surface area contributed by atoms with Crippen LogP contribution in [0.3, 0.4) is 0 Å². The molecule has 112 valence electrons. The van der Waals surface area contributed by atoms with Gasteiger partial charge in [-0.3, -0.25) is 4.79 Å². The zero-order valence-corrected chi connectivity index (χ0v) is 13.7. The highest BCUT2D eigenvalue weighted by molar-refractivity contribution is 5.89. The Morgan fingerprint density at radius 1 is 1.05 bits per heavy atom. The number of ketones is 1. The lowest BCUT2D eigenvalue weighted by molar-refractivity contribution is -0.141. The molecule has 0 amide bonds. The van der Waals surface area contributed by atoms with Crippen LogP contribution in [0.25, 0.3) is 0 Å². The maximum absolute atomic E-state index is 12.5. The van der Waals surface area contributed by atoms with E-state index < -0.39 is 5.60 Å². The summed E-state index contributed by atoms with van der Waals surface area (Å²) in [4.78, 5) is 12.5. The van der Waals surface area contributed by atoms with Gasteiger partial charge in [0.2, 0.25) is 0 Å². The highest BCUT2D eigenvalue weighted by Crippen LogP contribution is 2.25. The van der Waals surface area contributed by atoms with Crippen LogP contribution >= 0.6 is 0 Å². The van der Waals surface area contributed by atoms with Gasteiger partial charge in [-0.05, 0) is 29.4 Å². The average molecular weight is 276 g/mol. The number of rotatable bonds is 6. The number of hydrogen-bond acceptors (Lipinski definition) is 2. The Kier molecular flexibility index (Phi) is 5.52. The molecule has 0 fully saturated rings. The Balaban J connectivity index is 2.86. The molecule has 0 atom stereocenters. The van der Waals surface area contributed by atoms with Crippen LogP contribution in [0.2, 0.25) is 0 Å². The summed E-state index contributed by atoms with van der Waals surface area (Å²) in [7, 11) is 1.63. The molecule has 1 rings (SSSR count). The minimum absolute atomic E-state index is 0.145. The molecule has 0 N–H and O–H groups in total. The molecule has 0 aliphatic carbocycles. The van der Waals surface area contributed by atoms with Crippen molar-refractivity contribution in [1.29, 1.82) is 0 Å². The van der Waals surface area contributed by atoms with Crippen molar-refractivity contribution >= 4 is 5.78 Å². The molecule has 2 nitrogen and oxygen atoms in total. The molecule has 1 aromatic carbocycles. The first-order valence-electron chi connectivity index (χ1n) is 7.47. The third-order valence-corrected chi connectivity index (χ3v) is 4.23. The Bertz CT molecular complexity index is 425. The van der Waals surface area contributed by atoms with Gasteiger partial charge in [0.15, 0.2) is 5.78 Å². The van der Waals surface area contributed by atoms with Gasteiger partial charge >= 0.3 is 0 Å². The number of carbonyl (C=O) groups excluding carboxylic acids is 1. The van der Waals surface area contributed by atoms with Gasteiger partial charge in [-0.15, -0.1) is 0 Å². The van der Waals surface area contributed by atoms with Crippen LogP contribution in [0.5, 0.6) is 0 Å². The van der Waals surface area contributed by atoms with Gasteiger partial charge in [0, 0.05) is 13.5 Å². The monoisotopic (exact) mass is 276 g/mol. The Labute approximate surface area is 123 Å². The van der Waals surface area contributed by atoms with Crippen LogP contribution < -0.4 is 0 Å². The van der Waals surface area contributed by atoms with Crippen molar-refractivity contribution in [3.8, 4) is 0 Å². The van der Waals surface area contributed by atoms with Crippen molar-refractivity contribution in [1.82, 2.24) is 0 Å². The molecular weight excluding hydrogens is 248 g/mol. The Hall–Kier alpha value is -1.15. The average Bonchev–Trinajstić information content (AvgIpc) is 2.41. The predicted molar refractivity (Wildman–Crippen MR) is 84.2 cm³/mol. The van der Waals surface area contributed by atoms with E-state index in [4.69, 9.17) is 4.74 Å². The van der Waals surface area contributed by atoms with E-state index in [0.29, 0.717) is 6.42 Å². The lowest BCUT2D eigenvalue weighted by Crippen LogP contribution is -2.40. The third kappa shape index (κ3) is 3.69. The van der Waals surface area contributed by atoms with E-state index >= 15 is 0 Å². The van der Waals surface area contributed by atoms with Crippen LogP contribution in [-0.4, -0.2) is 18.5 Å². The third-order valence-electron chi connectivity index (χ3n) is 4.23. The van der Waals surface area contributed by atoms with E-state index in [0.717, 1.165) is 18.4 Å². The minimum atomic E-state index is -0.622. The molecular formula is C18H28O2. The fraction of sp³-hybridized carbons (Fsp3) is 0.611. The molecule has 0 unspecified atom stereocenters. The summed E-state index contributed by atoms with van der Waals surface area (Å²) in [5, 5.41) is 0. The smallest absolute Gasteiger partial charge is 0.168 e. The van der Waals surface area contributed by atoms with Crippen LogP contribution in [0.1, 0.15) is 58.6 Å². The maximum Gasteiger partial charge on any atom is 0.168 e. The van der Waals surface area contributed by atoms with Gasteiger partial charge in [0.1, 0.15) is 5.60 Å². The predicted octanol–water partition coefficient (Wildman–Crippen LogP) is 4.30. The maximum atomic E-state index is 12.5. The fourth-order valence-electron chi connectivity index (χ4n) is 2.52. The van der Waals surface area contributed by atoms with Gasteiger partial charge in [-0.25, -0.2) is 0 Å². The van der Waals surface area contributed by atoms with Gasteiger partial charge in [0.05, 0.1) is 0 Å². The summed E-state index contributed by atoms with van der Waals surface area (Å²) in [5.41, 5.74) is 1.87. The first kappa shape index (κ1) is 16.9. The van der Waals surface area contributed by atoms with Crippen molar-refractivity contribution in [2.45, 2.75) is 64.9 Å². The van der Waals surface area contributed by atoms with E-state index in [1.165, 1.54) is 5.56 Å². The van der Waals surface area contributed by atoms with Crippen LogP contribution in [0.15, 0.2) is 24.3 Å². The first-order chi connectivity index (χ1) is 9.29. The normalized spacial score (nSPS) is 12.5. The van der Waals surface area contributed by atoms with Crippen molar-refractivity contribution in [3.63, 3.8) is 0 Å². The van der Waals surface area contributed by atoms with Crippen LogP contribution in [-0.2, 0) is 21.4 Å². The summed E-state index contributed by atoms with van der Waals surface area (Å²) in [6.45, 7) is 10.6. The summed E-state index contributed by atoms with van der Waals surface area (Å²) < 4.78 is 5.50. The Morgan fingerprint density at radius 3 is 1.90 bits per heavy atom. The van der Waals surface area contributed by atoms with E-state index in [1.807, 2.05) is 13.8 Å². The second kappa shape index (κ2) is 6.53. The minimum Gasteiger partial charge on any atom is -0.370 e. The van der Waals surface area contributed by atoms with E-state index in [9.17, 15) is 4.79 Å². The molecule has 0 saturated heterocycles. The van der Waals surface area contributed by atoms with E-state index in [1.54, 1.807) is 7.11 Å². The second-order valence-corrected chi connectivity index (χ2v) is 6.45. The summed E-state index contributed by atoms with van der Waals surface area (Å²) in [5.74, 6) is 0.175. The molecule has 2 heteroatoms. The van der Waals surface area contributed by atoms with Gasteiger partial charge in [0.25, 0.3) is 0 Å². The molecule has 0 radical (unpaired) electrons. The molecule has 0 bridgehead atoms. The number of ether oxygens (including phenoxy) is 1. The van der Waals surface area contributed by atoms with Gasteiger partial charge in [-0.1, -0.05) is 58.9 Å². The largest absolute Gasteiger partial charge is 0.370 e. The molecule has 0 aromatic heterocycles. The van der Waals surface area contributed by atoms with Crippen molar-refractivity contribution in [2.75, 3.05) is 7.11 Å². The topological polar surface area (TPSA) is 26.3 Å². The van der Waals surface area contributed by atoms with Crippen molar-refractivity contribution in [3.05, 3.63) is 35.4 Å². The lowest BCUT2D eigenvalue weighted by Gasteiger charge is -2.28. The number of benzene rings is 1. The van der Waals surface area contributed by atoms with Crippen LogP contribution in [0.4, 0.5) is 0 Å². The van der Waals surface area contributed by atoms with Crippen molar-refractivity contribution < 1.29 is 9.53 Å².